The molecule has 0 amide bonds. The highest BCUT2D eigenvalue weighted by molar-refractivity contribution is 6.30. The maximum Gasteiger partial charge on any atom is 0.223 e. The molecule has 0 unspecified atom stereocenters. The topological polar surface area (TPSA) is 63.8 Å². The molecule has 6 heteroatoms. The molecule has 0 atom stereocenters. The van der Waals surface area contributed by atoms with Crippen molar-refractivity contribution in [2.24, 2.45) is 0 Å². The Labute approximate surface area is 149 Å². The van der Waals surface area contributed by atoms with Crippen molar-refractivity contribution in [3.8, 4) is 22.6 Å². The van der Waals surface area contributed by atoms with Gasteiger partial charge in [0.2, 0.25) is 5.95 Å². The summed E-state index contributed by atoms with van der Waals surface area (Å²) in [6.07, 6.45) is 1.75. The van der Waals surface area contributed by atoms with Crippen LogP contribution in [0, 0.1) is 0 Å². The van der Waals surface area contributed by atoms with Gasteiger partial charge >= 0.3 is 0 Å². The molecule has 0 bridgehead atoms. The molecule has 0 spiro atoms. The summed E-state index contributed by atoms with van der Waals surface area (Å²) in [5.74, 6) is 1.33. The van der Waals surface area contributed by atoms with Crippen LogP contribution in [0.5, 0.6) is 0 Å². The Morgan fingerprint density at radius 2 is 1.84 bits per heavy atom. The average molecular weight is 351 g/mol. The highest BCUT2D eigenvalue weighted by Gasteiger charge is 2.12. The average Bonchev–Trinajstić information content (AvgIpc) is 3.06. The first kappa shape index (κ1) is 15.6. The van der Waals surface area contributed by atoms with E-state index in [9.17, 15) is 0 Å². The Morgan fingerprint density at radius 1 is 1.04 bits per heavy atom. The van der Waals surface area contributed by atoms with Gasteiger partial charge < -0.3 is 9.84 Å². The van der Waals surface area contributed by atoms with E-state index in [1.807, 2.05) is 55.5 Å². The van der Waals surface area contributed by atoms with Crippen molar-refractivity contribution in [2.45, 2.75) is 6.92 Å². The number of nitrogens with one attached hydrogen (secondary N) is 1. The molecule has 5 nitrogen and oxygen atoms in total. The second kappa shape index (κ2) is 6.53. The van der Waals surface area contributed by atoms with Crippen LogP contribution in [0.15, 0.2) is 59.3 Å². The third-order valence-electron chi connectivity index (χ3n) is 3.87. The van der Waals surface area contributed by atoms with Crippen molar-refractivity contribution in [1.29, 1.82) is 0 Å². The van der Waals surface area contributed by atoms with Gasteiger partial charge in [0.15, 0.2) is 5.76 Å². The fraction of sp³-hybridized carbons (Fsp3) is 0.105. The third-order valence-corrected chi connectivity index (χ3v) is 4.12. The van der Waals surface area contributed by atoms with Gasteiger partial charge in [0, 0.05) is 28.9 Å². The molecular formula is C19H15ClN4O. The smallest absolute Gasteiger partial charge is 0.223 e. The number of hydrogen-bond acceptors (Lipinski definition) is 5. The van der Waals surface area contributed by atoms with E-state index in [1.54, 1.807) is 6.20 Å². The Hall–Kier alpha value is -2.92. The van der Waals surface area contributed by atoms with Gasteiger partial charge in [-0.2, -0.15) is 0 Å². The van der Waals surface area contributed by atoms with E-state index in [-0.39, 0.29) is 0 Å². The molecule has 0 radical (unpaired) electrons. The molecule has 0 saturated heterocycles. The van der Waals surface area contributed by atoms with E-state index in [2.05, 4.69) is 20.4 Å². The van der Waals surface area contributed by atoms with Crippen molar-refractivity contribution in [3.05, 3.63) is 59.8 Å². The van der Waals surface area contributed by atoms with Crippen molar-refractivity contribution >= 4 is 28.5 Å². The number of fused-ring (bicyclic) bond motifs is 1. The predicted octanol–water partition coefficient (Wildman–Crippen LogP) is 5.04. The summed E-state index contributed by atoms with van der Waals surface area (Å²) in [4.78, 5) is 8.76. The standard InChI is InChI=1S/C19H15ClN4O/c1-2-21-19-22-10-9-16(23-19)13-5-8-17-15(11-13)18(25-24-17)12-3-6-14(20)7-4-12/h3-11H,2H2,1H3,(H,21,22,23). The van der Waals surface area contributed by atoms with Crippen LogP contribution in [0.4, 0.5) is 5.95 Å². The number of rotatable bonds is 4. The van der Waals surface area contributed by atoms with E-state index in [0.717, 1.165) is 40.0 Å². The van der Waals surface area contributed by atoms with E-state index in [1.165, 1.54) is 0 Å². The minimum atomic E-state index is 0.614. The summed E-state index contributed by atoms with van der Waals surface area (Å²) < 4.78 is 5.56. The Kier molecular flexibility index (Phi) is 4.07. The number of anilines is 1. The molecule has 0 saturated carbocycles. The Balaban J connectivity index is 1.81. The molecule has 0 aliphatic heterocycles. The van der Waals surface area contributed by atoms with Crippen LogP contribution in [-0.2, 0) is 0 Å². The van der Waals surface area contributed by atoms with Crippen molar-refractivity contribution in [2.75, 3.05) is 11.9 Å². The van der Waals surface area contributed by atoms with Crippen molar-refractivity contribution in [1.82, 2.24) is 15.1 Å². The van der Waals surface area contributed by atoms with E-state index >= 15 is 0 Å². The summed E-state index contributed by atoms with van der Waals surface area (Å²) in [5, 5.41) is 8.89. The van der Waals surface area contributed by atoms with Gasteiger partial charge in [-0.25, -0.2) is 9.97 Å². The normalized spacial score (nSPS) is 11.0. The van der Waals surface area contributed by atoms with Gasteiger partial charge in [0.05, 0.1) is 11.1 Å². The lowest BCUT2D eigenvalue weighted by Gasteiger charge is -2.05. The van der Waals surface area contributed by atoms with E-state index in [0.29, 0.717) is 11.0 Å². The fourth-order valence-corrected chi connectivity index (χ4v) is 2.80. The highest BCUT2D eigenvalue weighted by Crippen LogP contribution is 2.32. The van der Waals surface area contributed by atoms with Crippen LogP contribution < -0.4 is 5.32 Å². The predicted molar refractivity (Wildman–Crippen MR) is 99.6 cm³/mol. The summed E-state index contributed by atoms with van der Waals surface area (Å²) in [6.45, 7) is 2.78. The molecule has 1 N–H and O–H groups in total. The van der Waals surface area contributed by atoms with Gasteiger partial charge in [0.1, 0.15) is 5.52 Å². The minimum Gasteiger partial charge on any atom is -0.355 e. The molecule has 0 aliphatic carbocycles. The molecule has 4 rings (SSSR count). The zero-order valence-electron chi connectivity index (χ0n) is 13.5. The number of aromatic nitrogens is 3. The van der Waals surface area contributed by atoms with Gasteiger partial charge in [0.25, 0.3) is 0 Å². The molecule has 0 fully saturated rings. The number of hydrogen-bond donors (Lipinski definition) is 1. The molecule has 124 valence electrons. The first-order chi connectivity index (χ1) is 12.2. The van der Waals surface area contributed by atoms with Crippen LogP contribution >= 0.6 is 11.6 Å². The Bertz CT molecular complexity index is 1030. The summed E-state index contributed by atoms with van der Waals surface area (Å²) in [5.41, 5.74) is 3.55. The maximum atomic E-state index is 5.97. The van der Waals surface area contributed by atoms with Crippen LogP contribution in [0.2, 0.25) is 5.02 Å². The molecular weight excluding hydrogens is 336 g/mol. The lowest BCUT2D eigenvalue weighted by molar-refractivity contribution is 0.441. The first-order valence-corrected chi connectivity index (χ1v) is 8.35. The molecule has 25 heavy (non-hydrogen) atoms. The molecule has 2 heterocycles. The van der Waals surface area contributed by atoms with E-state index in [4.69, 9.17) is 16.1 Å². The quantitative estimate of drug-likeness (QED) is 0.558. The third kappa shape index (κ3) is 3.06. The van der Waals surface area contributed by atoms with Crippen LogP contribution in [0.25, 0.3) is 33.5 Å². The van der Waals surface area contributed by atoms with Gasteiger partial charge in [-0.15, -0.1) is 0 Å². The highest BCUT2D eigenvalue weighted by atomic mass is 35.5. The number of benzene rings is 2. The SMILES string of the molecule is CCNc1nccc(-c2ccc3noc(-c4ccc(Cl)cc4)c3c2)n1. The number of nitrogens with zero attached hydrogens (tertiary/aromatic N) is 3. The molecule has 2 aromatic heterocycles. The summed E-state index contributed by atoms with van der Waals surface area (Å²) in [7, 11) is 0. The molecule has 0 aliphatic rings. The zero-order chi connectivity index (χ0) is 17.2. The van der Waals surface area contributed by atoms with Crippen LogP contribution in [-0.4, -0.2) is 21.7 Å². The molecule has 4 aromatic rings. The van der Waals surface area contributed by atoms with Crippen molar-refractivity contribution < 1.29 is 4.52 Å². The monoisotopic (exact) mass is 350 g/mol. The maximum absolute atomic E-state index is 5.97. The fourth-order valence-electron chi connectivity index (χ4n) is 2.67. The van der Waals surface area contributed by atoms with Crippen LogP contribution in [0.1, 0.15) is 6.92 Å². The zero-order valence-corrected chi connectivity index (χ0v) is 14.3. The van der Waals surface area contributed by atoms with Gasteiger partial charge in [-0.1, -0.05) is 22.8 Å². The lowest BCUT2D eigenvalue weighted by Crippen LogP contribution is -2.02. The van der Waals surface area contributed by atoms with Gasteiger partial charge in [-0.05, 0) is 49.4 Å². The summed E-state index contributed by atoms with van der Waals surface area (Å²) >= 11 is 5.97. The van der Waals surface area contributed by atoms with Gasteiger partial charge in [-0.3, -0.25) is 0 Å². The lowest BCUT2D eigenvalue weighted by atomic mass is 10.0. The first-order valence-electron chi connectivity index (χ1n) is 7.97. The van der Waals surface area contributed by atoms with Crippen molar-refractivity contribution in [3.63, 3.8) is 0 Å². The van der Waals surface area contributed by atoms with Crippen LogP contribution in [0.3, 0.4) is 0 Å². The second-order valence-corrected chi connectivity index (χ2v) is 5.98. The minimum absolute atomic E-state index is 0.614. The molecule has 2 aromatic carbocycles. The van der Waals surface area contributed by atoms with E-state index < -0.39 is 0 Å². The number of halogens is 1. The second-order valence-electron chi connectivity index (χ2n) is 5.55. The largest absolute Gasteiger partial charge is 0.355 e. The Morgan fingerprint density at radius 3 is 2.64 bits per heavy atom. The summed E-state index contributed by atoms with van der Waals surface area (Å²) in [6, 6.07) is 15.3.